The van der Waals surface area contributed by atoms with Gasteiger partial charge in [-0.25, -0.2) is 0 Å². The highest BCUT2D eigenvalue weighted by Gasteiger charge is 2.06. The van der Waals surface area contributed by atoms with Crippen LogP contribution in [-0.2, 0) is 6.54 Å². The summed E-state index contributed by atoms with van der Waals surface area (Å²) < 4.78 is 0. The number of rotatable bonds is 5. The number of aromatic nitrogens is 1. The average Bonchev–Trinajstić information content (AvgIpc) is 2.46. The third kappa shape index (κ3) is 3.91. The SMILES string of the molecule is Cc1ccc(CNC(C)c2ccc(C(C)C)cc2)cn1. The average molecular weight is 268 g/mol. The molecule has 1 aromatic carbocycles. The first-order valence-electron chi connectivity index (χ1n) is 7.31. The predicted octanol–water partition coefficient (Wildman–Crippen LogP) is 4.36. The van der Waals surface area contributed by atoms with Crippen molar-refractivity contribution in [2.24, 2.45) is 0 Å². The Bertz CT molecular complexity index is 526. The zero-order chi connectivity index (χ0) is 14.5. The Hall–Kier alpha value is -1.67. The Morgan fingerprint density at radius 3 is 2.15 bits per heavy atom. The number of benzene rings is 1. The van der Waals surface area contributed by atoms with Crippen LogP contribution in [0.3, 0.4) is 0 Å². The second-order valence-electron chi connectivity index (χ2n) is 5.73. The van der Waals surface area contributed by atoms with Gasteiger partial charge in [-0.1, -0.05) is 44.2 Å². The van der Waals surface area contributed by atoms with Gasteiger partial charge in [0.2, 0.25) is 0 Å². The molecule has 0 saturated carbocycles. The molecule has 0 radical (unpaired) electrons. The third-order valence-corrected chi connectivity index (χ3v) is 3.69. The Kier molecular flexibility index (Phi) is 4.91. The number of nitrogens with zero attached hydrogens (tertiary/aromatic N) is 1. The van der Waals surface area contributed by atoms with Gasteiger partial charge in [0.25, 0.3) is 0 Å². The maximum atomic E-state index is 4.32. The normalized spacial score (nSPS) is 12.7. The number of aryl methyl sites for hydroxylation is 1. The molecular formula is C18H24N2. The van der Waals surface area contributed by atoms with Crippen molar-refractivity contribution in [3.63, 3.8) is 0 Å². The lowest BCUT2D eigenvalue weighted by Gasteiger charge is -2.15. The zero-order valence-corrected chi connectivity index (χ0v) is 12.9. The largest absolute Gasteiger partial charge is 0.306 e. The Morgan fingerprint density at radius 1 is 0.950 bits per heavy atom. The van der Waals surface area contributed by atoms with E-state index in [1.54, 1.807) is 0 Å². The van der Waals surface area contributed by atoms with Gasteiger partial charge >= 0.3 is 0 Å². The van der Waals surface area contributed by atoms with E-state index in [9.17, 15) is 0 Å². The highest BCUT2D eigenvalue weighted by molar-refractivity contribution is 5.26. The fraction of sp³-hybridized carbons (Fsp3) is 0.389. The molecule has 1 atom stereocenters. The topological polar surface area (TPSA) is 24.9 Å². The third-order valence-electron chi connectivity index (χ3n) is 3.69. The van der Waals surface area contributed by atoms with Crippen LogP contribution in [-0.4, -0.2) is 4.98 Å². The molecule has 1 aromatic heterocycles. The molecular weight excluding hydrogens is 244 g/mol. The van der Waals surface area contributed by atoms with Crippen molar-refractivity contribution in [2.75, 3.05) is 0 Å². The second-order valence-corrected chi connectivity index (χ2v) is 5.73. The molecule has 20 heavy (non-hydrogen) atoms. The van der Waals surface area contributed by atoms with Crippen LogP contribution in [0.25, 0.3) is 0 Å². The maximum Gasteiger partial charge on any atom is 0.0372 e. The van der Waals surface area contributed by atoms with E-state index in [2.05, 4.69) is 67.5 Å². The van der Waals surface area contributed by atoms with E-state index in [-0.39, 0.29) is 0 Å². The van der Waals surface area contributed by atoms with Gasteiger partial charge in [-0.3, -0.25) is 4.98 Å². The van der Waals surface area contributed by atoms with Gasteiger partial charge in [-0.15, -0.1) is 0 Å². The number of hydrogen-bond donors (Lipinski definition) is 1. The molecule has 0 saturated heterocycles. The van der Waals surface area contributed by atoms with E-state index in [0.29, 0.717) is 12.0 Å². The van der Waals surface area contributed by atoms with Crippen LogP contribution >= 0.6 is 0 Å². The van der Waals surface area contributed by atoms with E-state index >= 15 is 0 Å². The van der Waals surface area contributed by atoms with Crippen LogP contribution < -0.4 is 5.32 Å². The van der Waals surface area contributed by atoms with Crippen molar-refractivity contribution in [3.05, 3.63) is 65.0 Å². The Morgan fingerprint density at radius 2 is 1.60 bits per heavy atom. The molecule has 1 heterocycles. The summed E-state index contributed by atoms with van der Waals surface area (Å²) in [6.07, 6.45) is 1.94. The standard InChI is InChI=1S/C18H24N2/c1-13(2)17-7-9-18(10-8-17)15(4)20-12-16-6-5-14(3)19-11-16/h5-11,13,15,20H,12H2,1-4H3. The summed E-state index contributed by atoms with van der Waals surface area (Å²) in [7, 11) is 0. The first-order chi connectivity index (χ1) is 9.56. The lowest BCUT2D eigenvalue weighted by Crippen LogP contribution is -2.18. The van der Waals surface area contributed by atoms with Gasteiger partial charge in [-0.05, 0) is 42.5 Å². The summed E-state index contributed by atoms with van der Waals surface area (Å²) in [5, 5.41) is 3.54. The van der Waals surface area contributed by atoms with Gasteiger partial charge in [0.1, 0.15) is 0 Å². The van der Waals surface area contributed by atoms with Crippen LogP contribution in [0.5, 0.6) is 0 Å². The van der Waals surface area contributed by atoms with E-state index in [1.807, 2.05) is 13.1 Å². The molecule has 0 fully saturated rings. The molecule has 1 unspecified atom stereocenters. The number of nitrogens with one attached hydrogen (secondary N) is 1. The highest BCUT2D eigenvalue weighted by atomic mass is 14.9. The van der Waals surface area contributed by atoms with Gasteiger partial charge in [0.05, 0.1) is 0 Å². The summed E-state index contributed by atoms with van der Waals surface area (Å²) in [5.74, 6) is 0.589. The van der Waals surface area contributed by atoms with Gasteiger partial charge in [0.15, 0.2) is 0 Å². The minimum atomic E-state index is 0.345. The summed E-state index contributed by atoms with van der Waals surface area (Å²) in [4.78, 5) is 4.32. The van der Waals surface area contributed by atoms with Crippen LogP contribution in [0.2, 0.25) is 0 Å². The molecule has 0 amide bonds. The monoisotopic (exact) mass is 268 g/mol. The first kappa shape index (κ1) is 14.7. The fourth-order valence-corrected chi connectivity index (χ4v) is 2.16. The van der Waals surface area contributed by atoms with Crippen LogP contribution in [0.15, 0.2) is 42.6 Å². The smallest absolute Gasteiger partial charge is 0.0372 e. The van der Waals surface area contributed by atoms with E-state index in [1.165, 1.54) is 16.7 Å². The fourth-order valence-electron chi connectivity index (χ4n) is 2.16. The molecule has 0 bridgehead atoms. The molecule has 2 aromatic rings. The molecule has 2 nitrogen and oxygen atoms in total. The summed E-state index contributed by atoms with van der Waals surface area (Å²) in [5.41, 5.74) is 5.01. The summed E-state index contributed by atoms with van der Waals surface area (Å²) in [6.45, 7) is 9.50. The van der Waals surface area contributed by atoms with Crippen molar-refractivity contribution in [1.29, 1.82) is 0 Å². The highest BCUT2D eigenvalue weighted by Crippen LogP contribution is 2.18. The van der Waals surface area contributed by atoms with E-state index in [0.717, 1.165) is 12.2 Å². The molecule has 2 rings (SSSR count). The number of hydrogen-bond acceptors (Lipinski definition) is 2. The second kappa shape index (κ2) is 6.67. The van der Waals surface area contributed by atoms with Crippen molar-refractivity contribution in [1.82, 2.24) is 10.3 Å². The van der Waals surface area contributed by atoms with Crippen LogP contribution in [0, 0.1) is 6.92 Å². The lowest BCUT2D eigenvalue weighted by molar-refractivity contribution is 0.573. The molecule has 0 spiro atoms. The molecule has 2 heteroatoms. The minimum absolute atomic E-state index is 0.345. The first-order valence-corrected chi connectivity index (χ1v) is 7.31. The Balaban J connectivity index is 1.94. The summed E-state index contributed by atoms with van der Waals surface area (Å²) >= 11 is 0. The molecule has 0 aliphatic heterocycles. The molecule has 1 N–H and O–H groups in total. The van der Waals surface area contributed by atoms with Crippen molar-refractivity contribution < 1.29 is 0 Å². The molecule has 106 valence electrons. The molecule has 0 aliphatic rings. The zero-order valence-electron chi connectivity index (χ0n) is 12.9. The van der Waals surface area contributed by atoms with Crippen molar-refractivity contribution in [2.45, 2.75) is 46.2 Å². The van der Waals surface area contributed by atoms with E-state index < -0.39 is 0 Å². The van der Waals surface area contributed by atoms with Crippen molar-refractivity contribution >= 4 is 0 Å². The van der Waals surface area contributed by atoms with Crippen molar-refractivity contribution in [3.8, 4) is 0 Å². The number of pyridine rings is 1. The van der Waals surface area contributed by atoms with Crippen LogP contribution in [0.4, 0.5) is 0 Å². The summed E-state index contributed by atoms with van der Waals surface area (Å²) in [6, 6.07) is 13.4. The quantitative estimate of drug-likeness (QED) is 0.871. The molecule has 0 aliphatic carbocycles. The minimum Gasteiger partial charge on any atom is -0.306 e. The Labute approximate surface area is 122 Å². The van der Waals surface area contributed by atoms with E-state index in [4.69, 9.17) is 0 Å². The van der Waals surface area contributed by atoms with Gasteiger partial charge in [0, 0.05) is 24.5 Å². The lowest BCUT2D eigenvalue weighted by atomic mass is 9.99. The van der Waals surface area contributed by atoms with Crippen LogP contribution in [0.1, 0.15) is 55.1 Å². The van der Waals surface area contributed by atoms with Gasteiger partial charge in [-0.2, -0.15) is 0 Å². The predicted molar refractivity (Wildman–Crippen MR) is 84.8 cm³/mol. The maximum absolute atomic E-state index is 4.32. The van der Waals surface area contributed by atoms with Gasteiger partial charge < -0.3 is 5.32 Å².